The number of rotatable bonds is 6. The Kier molecular flexibility index (Phi) is 12.7. The Morgan fingerprint density at radius 2 is 1.58 bits per heavy atom. The third-order valence-corrected chi connectivity index (χ3v) is 5.54. The first-order chi connectivity index (χ1) is 10.8. The molecule has 1 aromatic rings. The molecule has 1 nitrogen and oxygen atoms in total. The summed E-state index contributed by atoms with van der Waals surface area (Å²) in [6.07, 6.45) is 2.37. The van der Waals surface area contributed by atoms with Gasteiger partial charge in [-0.25, -0.2) is 0 Å². The van der Waals surface area contributed by atoms with Crippen LogP contribution in [0.5, 0.6) is 0 Å². The summed E-state index contributed by atoms with van der Waals surface area (Å²) in [5.74, 6) is 0.502. The maximum Gasteiger partial charge on any atom is 3.00 e. The molecule has 1 unspecified atom stereocenters. The number of benzene rings is 1. The molecule has 4 heteroatoms. The van der Waals surface area contributed by atoms with Crippen molar-refractivity contribution in [1.29, 1.82) is 0 Å². The van der Waals surface area contributed by atoms with Gasteiger partial charge in [-0.1, -0.05) is 75.9 Å². The fourth-order valence-corrected chi connectivity index (χ4v) is 3.65. The zero-order chi connectivity index (χ0) is 17.2. The summed E-state index contributed by atoms with van der Waals surface area (Å²) in [6.45, 7) is 16.8. The number of unbranched alkanes of at least 4 members (excludes halogenated alkanes) is 1. The first kappa shape index (κ1) is 28.2. The van der Waals surface area contributed by atoms with E-state index >= 15 is 0 Å². The predicted octanol–water partition coefficient (Wildman–Crippen LogP) is 0.861. The standard InChI is InChI=1S/C22H32N.2ClH.Ti/c1-8-9-14-23-22(6,7)20-13-11-10-12-19(20)21-17(4)15(2)16(3)18(21)5;;;/h10-13,17H,8-9,14H2,1-7H3;2*1H;/q-1;;;+3/p-2. The van der Waals surface area contributed by atoms with Crippen LogP contribution in [0.3, 0.4) is 0 Å². The minimum atomic E-state index is -0.136. The van der Waals surface area contributed by atoms with Crippen LogP contribution in [0.4, 0.5) is 0 Å². The number of hydrogen-bond acceptors (Lipinski definition) is 0. The van der Waals surface area contributed by atoms with Crippen molar-refractivity contribution >= 4 is 5.57 Å². The van der Waals surface area contributed by atoms with Crippen molar-refractivity contribution in [2.24, 2.45) is 5.92 Å². The van der Waals surface area contributed by atoms with E-state index in [1.54, 1.807) is 0 Å². The summed E-state index contributed by atoms with van der Waals surface area (Å²) < 4.78 is 0. The van der Waals surface area contributed by atoms with Crippen molar-refractivity contribution in [2.75, 3.05) is 6.54 Å². The first-order valence-corrected chi connectivity index (χ1v) is 8.98. The Morgan fingerprint density at radius 1 is 1.00 bits per heavy atom. The van der Waals surface area contributed by atoms with E-state index < -0.39 is 0 Å². The molecule has 0 saturated carbocycles. The molecule has 0 saturated heterocycles. The quantitative estimate of drug-likeness (QED) is 0.471. The zero-order valence-corrected chi connectivity index (χ0v) is 20.3. The molecule has 0 aliphatic heterocycles. The van der Waals surface area contributed by atoms with Gasteiger partial charge in [-0.3, -0.25) is 0 Å². The number of halogens is 2. The van der Waals surface area contributed by atoms with Crippen molar-refractivity contribution < 1.29 is 46.5 Å². The summed E-state index contributed by atoms with van der Waals surface area (Å²) in [5, 5.41) is 5.00. The van der Waals surface area contributed by atoms with E-state index in [0.717, 1.165) is 6.54 Å². The van der Waals surface area contributed by atoms with Gasteiger partial charge in [0.05, 0.1) is 0 Å². The van der Waals surface area contributed by atoms with Crippen molar-refractivity contribution in [3.8, 4) is 0 Å². The smallest absolute Gasteiger partial charge is 1.00 e. The van der Waals surface area contributed by atoms with Crippen LogP contribution < -0.4 is 24.8 Å². The van der Waals surface area contributed by atoms with E-state index in [2.05, 4.69) is 72.7 Å². The third kappa shape index (κ3) is 5.72. The molecule has 2 rings (SSSR count). The molecule has 143 valence electrons. The Balaban J connectivity index is 0. The number of hydrogen-bond donors (Lipinski definition) is 0. The molecule has 0 amide bonds. The van der Waals surface area contributed by atoms with Gasteiger partial charge in [0.2, 0.25) is 0 Å². The molecule has 0 aromatic heterocycles. The van der Waals surface area contributed by atoms with E-state index in [-0.39, 0.29) is 52.1 Å². The van der Waals surface area contributed by atoms with Crippen LogP contribution in [0.2, 0.25) is 0 Å². The summed E-state index contributed by atoms with van der Waals surface area (Å²) >= 11 is 0. The van der Waals surface area contributed by atoms with Gasteiger partial charge in [-0.15, -0.1) is 12.1 Å². The second-order valence-corrected chi connectivity index (χ2v) is 7.41. The van der Waals surface area contributed by atoms with Crippen LogP contribution in [0, 0.1) is 5.92 Å². The van der Waals surface area contributed by atoms with Crippen LogP contribution in [-0.2, 0) is 27.3 Å². The molecule has 1 aliphatic carbocycles. The van der Waals surface area contributed by atoms with E-state index in [1.165, 1.54) is 46.3 Å². The van der Waals surface area contributed by atoms with Gasteiger partial charge in [0.25, 0.3) is 0 Å². The van der Waals surface area contributed by atoms with Crippen LogP contribution in [-0.4, -0.2) is 6.54 Å². The SMILES string of the molecule is CCCC[N-]C(C)(C)c1ccccc1C1=C(C)C(C)=C(C)C1C.[Cl-].[Cl-].[Ti+3]. The Morgan fingerprint density at radius 3 is 2.08 bits per heavy atom. The Hall–Kier alpha value is -0.0457. The zero-order valence-electron chi connectivity index (χ0n) is 17.2. The molecule has 1 radical (unpaired) electrons. The molecule has 1 aromatic carbocycles. The molecule has 0 spiro atoms. The molecule has 0 N–H and O–H groups in total. The van der Waals surface area contributed by atoms with Gasteiger partial charge >= 0.3 is 21.7 Å². The van der Waals surface area contributed by atoms with Crippen molar-refractivity contribution in [1.82, 2.24) is 0 Å². The average Bonchev–Trinajstić information content (AvgIpc) is 2.71. The Bertz CT molecular complexity index is 647. The van der Waals surface area contributed by atoms with Gasteiger partial charge in [-0.2, -0.15) is 0 Å². The summed E-state index contributed by atoms with van der Waals surface area (Å²) in [4.78, 5) is 0. The largest absolute Gasteiger partial charge is 3.00 e. The van der Waals surface area contributed by atoms with Gasteiger partial charge in [-0.05, 0) is 43.1 Å². The predicted molar refractivity (Wildman–Crippen MR) is 103 cm³/mol. The molecule has 0 heterocycles. The van der Waals surface area contributed by atoms with Gasteiger partial charge in [0.1, 0.15) is 0 Å². The molecular formula is C22H32Cl2NTi. The maximum atomic E-state index is 5.00. The molecule has 0 fully saturated rings. The number of allylic oxidation sites excluding steroid dienone is 4. The van der Waals surface area contributed by atoms with E-state index in [0.29, 0.717) is 5.92 Å². The summed E-state index contributed by atoms with van der Waals surface area (Å²) in [6, 6.07) is 8.87. The van der Waals surface area contributed by atoms with Crippen LogP contribution in [0.25, 0.3) is 10.9 Å². The van der Waals surface area contributed by atoms with Crippen molar-refractivity contribution in [2.45, 2.75) is 66.8 Å². The summed E-state index contributed by atoms with van der Waals surface area (Å²) in [7, 11) is 0. The van der Waals surface area contributed by atoms with E-state index in [9.17, 15) is 0 Å². The molecule has 1 aliphatic rings. The fourth-order valence-electron chi connectivity index (χ4n) is 3.65. The molecule has 1 atom stereocenters. The van der Waals surface area contributed by atoms with E-state index in [1.807, 2.05) is 0 Å². The molecular weight excluding hydrogens is 397 g/mol. The minimum Gasteiger partial charge on any atom is -1.00 e. The van der Waals surface area contributed by atoms with E-state index in [4.69, 9.17) is 5.32 Å². The third-order valence-electron chi connectivity index (χ3n) is 5.54. The van der Waals surface area contributed by atoms with Gasteiger partial charge < -0.3 is 30.1 Å². The van der Waals surface area contributed by atoms with Gasteiger partial charge in [0.15, 0.2) is 0 Å². The second-order valence-electron chi connectivity index (χ2n) is 7.41. The first-order valence-electron chi connectivity index (χ1n) is 8.98. The monoisotopic (exact) mass is 428 g/mol. The normalized spacial score (nSPS) is 16.8. The van der Waals surface area contributed by atoms with Crippen molar-refractivity contribution in [3.63, 3.8) is 0 Å². The number of nitrogens with zero attached hydrogens (tertiary/aromatic N) is 1. The summed E-state index contributed by atoms with van der Waals surface area (Å²) in [5.41, 5.74) is 8.53. The fraction of sp³-hybridized carbons (Fsp3) is 0.545. The topological polar surface area (TPSA) is 14.1 Å². The Labute approximate surface area is 188 Å². The molecule has 26 heavy (non-hydrogen) atoms. The minimum absolute atomic E-state index is 0. The van der Waals surface area contributed by atoms with Crippen LogP contribution >= 0.6 is 0 Å². The molecule has 0 bridgehead atoms. The average molecular weight is 429 g/mol. The van der Waals surface area contributed by atoms with Crippen LogP contribution in [0.15, 0.2) is 41.0 Å². The van der Waals surface area contributed by atoms with Crippen LogP contribution in [0.1, 0.15) is 72.4 Å². The van der Waals surface area contributed by atoms with Gasteiger partial charge in [0, 0.05) is 5.92 Å². The second kappa shape index (κ2) is 11.7. The van der Waals surface area contributed by atoms with Crippen molar-refractivity contribution in [3.05, 3.63) is 57.4 Å². The maximum absolute atomic E-state index is 5.00.